The summed E-state index contributed by atoms with van der Waals surface area (Å²) >= 11 is 1.51. The summed E-state index contributed by atoms with van der Waals surface area (Å²) in [5.41, 5.74) is 3.30. The summed E-state index contributed by atoms with van der Waals surface area (Å²) in [6, 6.07) is 19.6. The number of hydrogen-bond acceptors (Lipinski definition) is 5. The lowest BCUT2D eigenvalue weighted by Gasteiger charge is -2.03. The maximum absolute atomic E-state index is 9.20. The molecule has 4 rings (SSSR count). The van der Waals surface area contributed by atoms with Crippen LogP contribution in [0.25, 0.3) is 0 Å². The van der Waals surface area contributed by atoms with E-state index in [1.165, 1.54) is 24.6 Å². The van der Waals surface area contributed by atoms with E-state index in [1.807, 2.05) is 18.2 Å². The topological polar surface area (TPSA) is 85.5 Å². The molecular weight excluding hydrogens is 380 g/mol. The molecule has 144 valence electrons. The van der Waals surface area contributed by atoms with Gasteiger partial charge in [0.05, 0.1) is 42.2 Å². The molecular formula is C23H20N4OS. The van der Waals surface area contributed by atoms with Crippen molar-refractivity contribution in [1.29, 1.82) is 10.5 Å². The van der Waals surface area contributed by atoms with Crippen molar-refractivity contribution in [3.63, 3.8) is 0 Å². The third-order valence-electron chi connectivity index (χ3n) is 4.71. The van der Waals surface area contributed by atoms with Gasteiger partial charge in [-0.15, -0.1) is 0 Å². The average Bonchev–Trinajstić information content (AvgIpc) is 3.53. The lowest BCUT2D eigenvalue weighted by Crippen LogP contribution is -2.00. The Labute approximate surface area is 174 Å². The van der Waals surface area contributed by atoms with Gasteiger partial charge in [-0.2, -0.15) is 10.5 Å². The molecule has 1 saturated carbocycles. The lowest BCUT2D eigenvalue weighted by molar-refractivity contribution is 0.122. The van der Waals surface area contributed by atoms with Crippen LogP contribution in [0, 0.1) is 22.7 Å². The molecule has 6 heteroatoms. The minimum Gasteiger partial charge on any atom is -0.376 e. The molecule has 1 aromatic heterocycles. The zero-order valence-corrected chi connectivity index (χ0v) is 16.7. The maximum Gasteiger partial charge on any atom is 0.122 e. The van der Waals surface area contributed by atoms with Crippen molar-refractivity contribution in [2.75, 3.05) is 6.61 Å². The van der Waals surface area contributed by atoms with Gasteiger partial charge < -0.3 is 9.72 Å². The summed E-state index contributed by atoms with van der Waals surface area (Å²) in [5, 5.41) is 19.3. The number of H-pyrrole nitrogens is 1. The van der Waals surface area contributed by atoms with E-state index in [0.29, 0.717) is 30.3 Å². The van der Waals surface area contributed by atoms with Crippen molar-refractivity contribution >= 4 is 11.8 Å². The van der Waals surface area contributed by atoms with Crippen molar-refractivity contribution in [3.8, 4) is 12.1 Å². The van der Waals surface area contributed by atoms with Gasteiger partial charge in [0.25, 0.3) is 0 Å². The standard InChI is InChI=1S/C23H20N4OS/c24-13-17-10-18(14-25)12-20(11-17)29-23-22(19-6-7-19)26-21(27-23)8-9-28-15-16-4-2-1-3-5-16/h1-5,10-12,19H,6-9,15H2,(H,26,27). The number of nitrogens with zero attached hydrogens (tertiary/aromatic N) is 3. The van der Waals surface area contributed by atoms with Gasteiger partial charge in [-0.25, -0.2) is 4.98 Å². The second kappa shape index (κ2) is 8.96. The molecule has 1 heterocycles. The summed E-state index contributed by atoms with van der Waals surface area (Å²) in [7, 11) is 0. The minimum absolute atomic E-state index is 0.490. The third kappa shape index (κ3) is 5.06. The Bertz CT molecular complexity index is 1040. The Balaban J connectivity index is 1.43. The fraction of sp³-hybridized carbons (Fsp3) is 0.261. The van der Waals surface area contributed by atoms with Gasteiger partial charge in [-0.1, -0.05) is 42.1 Å². The second-order valence-electron chi connectivity index (χ2n) is 7.04. The average molecular weight is 401 g/mol. The number of imidazole rings is 1. The Kier molecular flexibility index (Phi) is 5.95. The molecule has 0 bridgehead atoms. The molecule has 0 unspecified atom stereocenters. The minimum atomic E-state index is 0.490. The highest BCUT2D eigenvalue weighted by Gasteiger charge is 2.29. The van der Waals surface area contributed by atoms with Crippen molar-refractivity contribution in [3.05, 3.63) is 76.7 Å². The molecule has 5 nitrogen and oxygen atoms in total. The normalized spacial score (nSPS) is 13.0. The molecule has 1 fully saturated rings. The summed E-state index contributed by atoms with van der Waals surface area (Å²) < 4.78 is 5.79. The molecule has 1 aliphatic rings. The fourth-order valence-electron chi connectivity index (χ4n) is 3.10. The zero-order valence-electron chi connectivity index (χ0n) is 15.9. The monoisotopic (exact) mass is 400 g/mol. The van der Waals surface area contributed by atoms with Gasteiger partial charge in [0, 0.05) is 17.2 Å². The lowest BCUT2D eigenvalue weighted by atomic mass is 10.1. The largest absolute Gasteiger partial charge is 0.376 e. The number of aromatic amines is 1. The van der Waals surface area contributed by atoms with E-state index >= 15 is 0 Å². The number of rotatable bonds is 8. The Hall–Kier alpha value is -3.06. The molecule has 0 atom stereocenters. The number of hydrogen-bond donors (Lipinski definition) is 1. The maximum atomic E-state index is 9.20. The molecule has 0 spiro atoms. The van der Waals surface area contributed by atoms with E-state index in [1.54, 1.807) is 18.2 Å². The van der Waals surface area contributed by atoms with Crippen molar-refractivity contribution in [2.45, 2.75) is 41.7 Å². The number of ether oxygens (including phenoxy) is 1. The van der Waals surface area contributed by atoms with E-state index in [0.717, 1.165) is 33.4 Å². The van der Waals surface area contributed by atoms with E-state index in [4.69, 9.17) is 9.72 Å². The van der Waals surface area contributed by atoms with Crippen molar-refractivity contribution < 1.29 is 4.74 Å². The summed E-state index contributed by atoms with van der Waals surface area (Å²) in [5.74, 6) is 1.44. The number of nitriles is 2. The molecule has 0 saturated heterocycles. The van der Waals surface area contributed by atoms with Crippen molar-refractivity contribution in [2.24, 2.45) is 0 Å². The SMILES string of the molecule is N#Cc1cc(C#N)cc(Sc2nc(CCOCc3ccccc3)[nH]c2C2CC2)c1. The molecule has 0 radical (unpaired) electrons. The van der Waals surface area contributed by atoms with Gasteiger partial charge >= 0.3 is 0 Å². The van der Waals surface area contributed by atoms with Gasteiger partial charge in [0.2, 0.25) is 0 Å². The van der Waals surface area contributed by atoms with Crippen LogP contribution in [0.3, 0.4) is 0 Å². The third-order valence-corrected chi connectivity index (χ3v) is 5.68. The summed E-state index contributed by atoms with van der Waals surface area (Å²) in [4.78, 5) is 9.12. The second-order valence-corrected chi connectivity index (χ2v) is 8.10. The van der Waals surface area contributed by atoms with E-state index in [2.05, 4.69) is 29.3 Å². The highest BCUT2D eigenvalue weighted by Crippen LogP contribution is 2.44. The molecule has 0 aliphatic heterocycles. The van der Waals surface area contributed by atoms with Crippen LogP contribution < -0.4 is 0 Å². The Morgan fingerprint density at radius 1 is 1.07 bits per heavy atom. The molecule has 0 amide bonds. The van der Waals surface area contributed by atoms with Gasteiger partial charge in [0.15, 0.2) is 0 Å². The highest BCUT2D eigenvalue weighted by atomic mass is 32.2. The smallest absolute Gasteiger partial charge is 0.122 e. The molecule has 29 heavy (non-hydrogen) atoms. The first-order valence-electron chi connectivity index (χ1n) is 9.59. The van der Waals surface area contributed by atoms with Crippen LogP contribution in [0.4, 0.5) is 0 Å². The molecule has 2 aromatic carbocycles. The van der Waals surface area contributed by atoms with Crippen LogP contribution in [0.2, 0.25) is 0 Å². The Morgan fingerprint density at radius 3 is 2.45 bits per heavy atom. The number of aromatic nitrogens is 2. The quantitative estimate of drug-likeness (QED) is 0.541. The van der Waals surface area contributed by atoms with Crippen LogP contribution >= 0.6 is 11.8 Å². The van der Waals surface area contributed by atoms with Crippen LogP contribution in [-0.4, -0.2) is 16.6 Å². The number of benzene rings is 2. The highest BCUT2D eigenvalue weighted by molar-refractivity contribution is 7.99. The molecule has 3 aromatic rings. The first-order chi connectivity index (χ1) is 14.2. The van der Waals surface area contributed by atoms with Gasteiger partial charge in [0.1, 0.15) is 10.9 Å². The van der Waals surface area contributed by atoms with E-state index in [9.17, 15) is 10.5 Å². The first-order valence-corrected chi connectivity index (χ1v) is 10.4. The van der Waals surface area contributed by atoms with Crippen LogP contribution in [-0.2, 0) is 17.8 Å². The summed E-state index contributed by atoms with van der Waals surface area (Å²) in [6.07, 6.45) is 3.05. The summed E-state index contributed by atoms with van der Waals surface area (Å²) in [6.45, 7) is 1.19. The van der Waals surface area contributed by atoms with Crippen LogP contribution in [0.15, 0.2) is 58.5 Å². The zero-order chi connectivity index (χ0) is 20.1. The van der Waals surface area contributed by atoms with Crippen LogP contribution in [0.5, 0.6) is 0 Å². The van der Waals surface area contributed by atoms with Crippen LogP contribution in [0.1, 0.15) is 47.0 Å². The van der Waals surface area contributed by atoms with Gasteiger partial charge in [-0.3, -0.25) is 0 Å². The first kappa shape index (κ1) is 19.3. The van der Waals surface area contributed by atoms with E-state index < -0.39 is 0 Å². The predicted molar refractivity (Wildman–Crippen MR) is 110 cm³/mol. The molecule has 1 N–H and O–H groups in total. The number of nitrogens with one attached hydrogen (secondary N) is 1. The van der Waals surface area contributed by atoms with E-state index in [-0.39, 0.29) is 0 Å². The fourth-order valence-corrected chi connectivity index (χ4v) is 4.17. The Morgan fingerprint density at radius 2 is 1.79 bits per heavy atom. The van der Waals surface area contributed by atoms with Crippen molar-refractivity contribution in [1.82, 2.24) is 9.97 Å². The predicted octanol–water partition coefficient (Wildman–Crippen LogP) is 4.94. The molecule has 1 aliphatic carbocycles. The van der Waals surface area contributed by atoms with Gasteiger partial charge in [-0.05, 0) is 36.6 Å².